The van der Waals surface area contributed by atoms with Crippen LogP contribution in [0, 0.1) is 5.41 Å². The molecule has 2 rings (SSSR count). The number of nitrogen functional groups attached to an aromatic ring is 1. The van der Waals surface area contributed by atoms with E-state index in [0.717, 1.165) is 24.4 Å². The minimum absolute atomic E-state index is 0.0853. The molecule has 1 atom stereocenters. The van der Waals surface area contributed by atoms with Crippen molar-refractivity contribution in [3.63, 3.8) is 0 Å². The SMILES string of the molecule is CNC(=O)C1(C)CCN(c2ccc(OC)cc2N)C1. The van der Waals surface area contributed by atoms with E-state index in [1.807, 2.05) is 25.1 Å². The number of carbonyl (C=O) groups is 1. The first-order valence-electron chi connectivity index (χ1n) is 6.41. The van der Waals surface area contributed by atoms with Gasteiger partial charge in [-0.15, -0.1) is 0 Å². The molecular formula is C14H21N3O2. The first-order chi connectivity index (χ1) is 9.00. The highest BCUT2D eigenvalue weighted by Crippen LogP contribution is 2.36. The number of anilines is 2. The highest BCUT2D eigenvalue weighted by molar-refractivity contribution is 5.84. The van der Waals surface area contributed by atoms with Crippen molar-refractivity contribution in [2.24, 2.45) is 5.41 Å². The number of nitrogens with one attached hydrogen (secondary N) is 1. The van der Waals surface area contributed by atoms with Crippen molar-refractivity contribution in [2.45, 2.75) is 13.3 Å². The molecular weight excluding hydrogens is 242 g/mol. The quantitative estimate of drug-likeness (QED) is 0.805. The van der Waals surface area contributed by atoms with Crippen LogP contribution < -0.4 is 20.7 Å². The molecule has 1 unspecified atom stereocenters. The third-order valence-corrected chi connectivity index (χ3v) is 3.82. The predicted molar refractivity (Wildman–Crippen MR) is 76.4 cm³/mol. The Morgan fingerprint density at radius 1 is 1.53 bits per heavy atom. The van der Waals surface area contributed by atoms with E-state index in [2.05, 4.69) is 10.2 Å². The summed E-state index contributed by atoms with van der Waals surface area (Å²) in [6, 6.07) is 5.65. The Morgan fingerprint density at radius 2 is 2.26 bits per heavy atom. The Kier molecular flexibility index (Phi) is 3.55. The molecule has 1 fully saturated rings. The van der Waals surface area contributed by atoms with Gasteiger partial charge in [-0.05, 0) is 25.5 Å². The van der Waals surface area contributed by atoms with Gasteiger partial charge in [0, 0.05) is 26.2 Å². The fourth-order valence-electron chi connectivity index (χ4n) is 2.60. The van der Waals surface area contributed by atoms with Gasteiger partial charge in [0.1, 0.15) is 5.75 Å². The zero-order valence-corrected chi connectivity index (χ0v) is 11.7. The van der Waals surface area contributed by atoms with E-state index in [1.54, 1.807) is 14.2 Å². The zero-order chi connectivity index (χ0) is 14.0. The third kappa shape index (κ3) is 2.45. The van der Waals surface area contributed by atoms with Crippen LogP contribution >= 0.6 is 0 Å². The number of nitrogens with two attached hydrogens (primary N) is 1. The molecule has 1 aliphatic heterocycles. The summed E-state index contributed by atoms with van der Waals surface area (Å²) < 4.78 is 5.15. The molecule has 1 aliphatic rings. The largest absolute Gasteiger partial charge is 0.497 e. The van der Waals surface area contributed by atoms with E-state index in [9.17, 15) is 4.79 Å². The number of ether oxygens (including phenoxy) is 1. The van der Waals surface area contributed by atoms with Gasteiger partial charge in [-0.3, -0.25) is 4.79 Å². The molecule has 0 saturated carbocycles. The molecule has 0 bridgehead atoms. The molecule has 5 nitrogen and oxygen atoms in total. The average Bonchev–Trinajstić information content (AvgIpc) is 2.81. The van der Waals surface area contributed by atoms with Gasteiger partial charge in [0.05, 0.1) is 23.9 Å². The summed E-state index contributed by atoms with van der Waals surface area (Å²) in [7, 11) is 3.30. The monoisotopic (exact) mass is 263 g/mol. The Labute approximate surface area is 113 Å². The molecule has 1 aromatic rings. The number of rotatable bonds is 3. The predicted octanol–water partition coefficient (Wildman–Crippen LogP) is 1.24. The van der Waals surface area contributed by atoms with Crippen LogP contribution in [-0.4, -0.2) is 33.2 Å². The molecule has 0 spiro atoms. The van der Waals surface area contributed by atoms with Crippen LogP contribution in [0.2, 0.25) is 0 Å². The lowest BCUT2D eigenvalue weighted by Crippen LogP contribution is -2.39. The molecule has 1 saturated heterocycles. The molecule has 3 N–H and O–H groups in total. The van der Waals surface area contributed by atoms with E-state index in [-0.39, 0.29) is 11.3 Å². The molecule has 0 aliphatic carbocycles. The van der Waals surface area contributed by atoms with Crippen LogP contribution in [0.4, 0.5) is 11.4 Å². The average molecular weight is 263 g/mol. The molecule has 1 aromatic carbocycles. The van der Waals surface area contributed by atoms with E-state index in [0.29, 0.717) is 12.2 Å². The number of hydrogen-bond donors (Lipinski definition) is 2. The van der Waals surface area contributed by atoms with Crippen molar-refractivity contribution >= 4 is 17.3 Å². The summed E-state index contributed by atoms with van der Waals surface area (Å²) in [5, 5.41) is 2.74. The van der Waals surface area contributed by atoms with Gasteiger partial charge in [-0.1, -0.05) is 0 Å². The van der Waals surface area contributed by atoms with E-state index in [4.69, 9.17) is 10.5 Å². The maximum Gasteiger partial charge on any atom is 0.227 e. The number of methoxy groups -OCH3 is 1. The number of amides is 1. The van der Waals surface area contributed by atoms with Crippen molar-refractivity contribution in [3.05, 3.63) is 18.2 Å². The van der Waals surface area contributed by atoms with Crippen LogP contribution in [0.3, 0.4) is 0 Å². The standard InChI is InChI=1S/C14H21N3O2/c1-14(13(18)16-2)6-7-17(9-14)12-5-4-10(19-3)8-11(12)15/h4-5,8H,6-7,9,15H2,1-3H3,(H,16,18). The minimum atomic E-state index is -0.346. The summed E-state index contributed by atoms with van der Waals surface area (Å²) in [5.74, 6) is 0.830. The van der Waals surface area contributed by atoms with Gasteiger partial charge < -0.3 is 20.7 Å². The Balaban J connectivity index is 2.19. The zero-order valence-electron chi connectivity index (χ0n) is 11.7. The Bertz CT molecular complexity index is 490. The number of nitrogens with zero attached hydrogens (tertiary/aromatic N) is 1. The van der Waals surface area contributed by atoms with Gasteiger partial charge in [0.15, 0.2) is 0 Å². The highest BCUT2D eigenvalue weighted by atomic mass is 16.5. The van der Waals surface area contributed by atoms with Gasteiger partial charge in [-0.2, -0.15) is 0 Å². The lowest BCUT2D eigenvalue weighted by molar-refractivity contribution is -0.128. The topological polar surface area (TPSA) is 67.6 Å². The van der Waals surface area contributed by atoms with Gasteiger partial charge in [0.25, 0.3) is 0 Å². The van der Waals surface area contributed by atoms with Crippen LogP contribution in [0.5, 0.6) is 5.75 Å². The molecule has 104 valence electrons. The van der Waals surface area contributed by atoms with Crippen LogP contribution in [0.15, 0.2) is 18.2 Å². The maximum atomic E-state index is 11.9. The normalized spacial score (nSPS) is 22.4. The fourth-order valence-corrected chi connectivity index (χ4v) is 2.60. The number of carbonyl (C=O) groups excluding carboxylic acids is 1. The molecule has 1 amide bonds. The highest BCUT2D eigenvalue weighted by Gasteiger charge is 2.40. The summed E-state index contributed by atoms with van der Waals surface area (Å²) in [6.45, 7) is 3.51. The first-order valence-corrected chi connectivity index (χ1v) is 6.41. The van der Waals surface area contributed by atoms with Gasteiger partial charge in [0.2, 0.25) is 5.91 Å². The number of benzene rings is 1. The van der Waals surface area contributed by atoms with Crippen molar-refractivity contribution in [1.82, 2.24) is 5.32 Å². The van der Waals surface area contributed by atoms with Crippen LogP contribution in [0.1, 0.15) is 13.3 Å². The third-order valence-electron chi connectivity index (χ3n) is 3.82. The second kappa shape index (κ2) is 4.99. The smallest absolute Gasteiger partial charge is 0.227 e. The second-order valence-electron chi connectivity index (χ2n) is 5.24. The lowest BCUT2D eigenvalue weighted by atomic mass is 9.89. The van der Waals surface area contributed by atoms with Crippen molar-refractivity contribution in [3.8, 4) is 5.75 Å². The summed E-state index contributed by atoms with van der Waals surface area (Å²) in [6.07, 6.45) is 0.831. The molecule has 0 radical (unpaired) electrons. The summed E-state index contributed by atoms with van der Waals surface area (Å²) in [4.78, 5) is 14.1. The van der Waals surface area contributed by atoms with E-state index in [1.165, 1.54) is 0 Å². The van der Waals surface area contributed by atoms with E-state index < -0.39 is 0 Å². The maximum absolute atomic E-state index is 11.9. The van der Waals surface area contributed by atoms with Crippen LogP contribution in [-0.2, 0) is 4.79 Å². The summed E-state index contributed by atoms with van der Waals surface area (Å²) >= 11 is 0. The van der Waals surface area contributed by atoms with Crippen molar-refractivity contribution < 1.29 is 9.53 Å². The minimum Gasteiger partial charge on any atom is -0.497 e. The fraction of sp³-hybridized carbons (Fsp3) is 0.500. The van der Waals surface area contributed by atoms with Crippen molar-refractivity contribution in [2.75, 3.05) is 37.9 Å². The molecule has 19 heavy (non-hydrogen) atoms. The first kappa shape index (κ1) is 13.5. The number of hydrogen-bond acceptors (Lipinski definition) is 4. The van der Waals surface area contributed by atoms with Crippen molar-refractivity contribution in [1.29, 1.82) is 0 Å². The van der Waals surface area contributed by atoms with Crippen LogP contribution in [0.25, 0.3) is 0 Å². The molecule has 0 aromatic heterocycles. The summed E-state index contributed by atoms with van der Waals surface area (Å²) in [5.41, 5.74) is 7.35. The Hall–Kier alpha value is -1.91. The van der Waals surface area contributed by atoms with Gasteiger partial charge in [-0.25, -0.2) is 0 Å². The molecule has 5 heteroatoms. The van der Waals surface area contributed by atoms with Gasteiger partial charge >= 0.3 is 0 Å². The van der Waals surface area contributed by atoms with E-state index >= 15 is 0 Å². The Morgan fingerprint density at radius 3 is 2.84 bits per heavy atom. The lowest BCUT2D eigenvalue weighted by Gasteiger charge is -2.25. The second-order valence-corrected chi connectivity index (χ2v) is 5.24. The molecule has 1 heterocycles.